The van der Waals surface area contributed by atoms with Crippen molar-refractivity contribution in [3.05, 3.63) is 59.7 Å². The van der Waals surface area contributed by atoms with Gasteiger partial charge in [-0.1, -0.05) is 45.0 Å². The summed E-state index contributed by atoms with van der Waals surface area (Å²) >= 11 is 0. The van der Waals surface area contributed by atoms with E-state index in [0.717, 1.165) is 25.9 Å². The van der Waals surface area contributed by atoms with Gasteiger partial charge in [-0.3, -0.25) is 0 Å². The molecule has 0 aliphatic rings. The Balaban J connectivity index is 2.02. The zero-order valence-electron chi connectivity index (χ0n) is 14.0. The van der Waals surface area contributed by atoms with Crippen LogP contribution in [0.3, 0.4) is 0 Å². The first-order chi connectivity index (χ1) is 10.7. The van der Waals surface area contributed by atoms with Gasteiger partial charge in [-0.15, -0.1) is 0 Å². The maximum absolute atomic E-state index is 3.42. The average Bonchev–Trinajstić information content (AvgIpc) is 2.58. The monoisotopic (exact) mass is 296 g/mol. The predicted molar refractivity (Wildman–Crippen MR) is 98.0 cm³/mol. The van der Waals surface area contributed by atoms with Crippen molar-refractivity contribution in [1.82, 2.24) is 0 Å². The molecule has 0 unspecified atom stereocenters. The van der Waals surface area contributed by atoms with Gasteiger partial charge in [0, 0.05) is 30.4 Å². The third-order valence-corrected chi connectivity index (χ3v) is 3.98. The fourth-order valence-corrected chi connectivity index (χ4v) is 2.51. The standard InChI is InChI=1S/C20H28N2/c1-4-14-21-19-10-6-17(7-11-19)16(3)18-8-12-20(13-9-18)22-15-5-2/h6-13,16,21-22H,4-5,14-15H2,1-3H3. The van der Waals surface area contributed by atoms with Crippen LogP contribution in [0.1, 0.15) is 50.7 Å². The molecule has 0 aromatic heterocycles. The van der Waals surface area contributed by atoms with Gasteiger partial charge in [0.05, 0.1) is 0 Å². The molecule has 0 bridgehead atoms. The minimum absolute atomic E-state index is 0.417. The largest absolute Gasteiger partial charge is 0.385 e. The molecule has 2 heteroatoms. The molecule has 2 aromatic carbocycles. The van der Waals surface area contributed by atoms with E-state index in [1.165, 1.54) is 22.5 Å². The van der Waals surface area contributed by atoms with Crippen molar-refractivity contribution in [3.8, 4) is 0 Å². The zero-order chi connectivity index (χ0) is 15.8. The number of hydrogen-bond acceptors (Lipinski definition) is 2. The molecule has 0 amide bonds. The number of rotatable bonds is 8. The van der Waals surface area contributed by atoms with Crippen molar-refractivity contribution < 1.29 is 0 Å². The highest BCUT2D eigenvalue weighted by atomic mass is 14.9. The van der Waals surface area contributed by atoms with Crippen LogP contribution in [0.5, 0.6) is 0 Å². The Bertz CT molecular complexity index is 491. The summed E-state index contributed by atoms with van der Waals surface area (Å²) in [6.07, 6.45) is 2.30. The lowest BCUT2D eigenvalue weighted by molar-refractivity contribution is 0.920. The molecule has 22 heavy (non-hydrogen) atoms. The van der Waals surface area contributed by atoms with E-state index in [-0.39, 0.29) is 0 Å². The molecule has 2 aromatic rings. The van der Waals surface area contributed by atoms with Crippen LogP contribution in [0.4, 0.5) is 11.4 Å². The molecule has 0 aliphatic carbocycles. The van der Waals surface area contributed by atoms with E-state index >= 15 is 0 Å². The van der Waals surface area contributed by atoms with Crippen molar-refractivity contribution in [3.63, 3.8) is 0 Å². The minimum Gasteiger partial charge on any atom is -0.385 e. The van der Waals surface area contributed by atoms with E-state index in [2.05, 4.69) is 79.9 Å². The van der Waals surface area contributed by atoms with Gasteiger partial charge in [-0.2, -0.15) is 0 Å². The molecule has 0 spiro atoms. The van der Waals surface area contributed by atoms with E-state index in [0.29, 0.717) is 5.92 Å². The van der Waals surface area contributed by atoms with Crippen LogP contribution in [-0.4, -0.2) is 13.1 Å². The van der Waals surface area contributed by atoms with Crippen LogP contribution in [-0.2, 0) is 0 Å². The van der Waals surface area contributed by atoms with Gasteiger partial charge in [-0.05, 0) is 48.2 Å². The van der Waals surface area contributed by atoms with Crippen LogP contribution in [0.2, 0.25) is 0 Å². The maximum atomic E-state index is 3.42. The van der Waals surface area contributed by atoms with Gasteiger partial charge in [0.15, 0.2) is 0 Å². The Morgan fingerprint density at radius 2 is 1.05 bits per heavy atom. The highest BCUT2D eigenvalue weighted by molar-refractivity contribution is 5.49. The fourth-order valence-electron chi connectivity index (χ4n) is 2.51. The first-order valence-electron chi connectivity index (χ1n) is 8.42. The zero-order valence-corrected chi connectivity index (χ0v) is 14.0. The summed E-state index contributed by atoms with van der Waals surface area (Å²) in [6.45, 7) is 8.69. The van der Waals surface area contributed by atoms with Gasteiger partial charge in [0.25, 0.3) is 0 Å². The lowest BCUT2D eigenvalue weighted by atomic mass is 9.93. The second-order valence-corrected chi connectivity index (χ2v) is 5.82. The van der Waals surface area contributed by atoms with Crippen LogP contribution in [0, 0.1) is 0 Å². The summed E-state index contributed by atoms with van der Waals surface area (Å²) in [6, 6.07) is 17.6. The number of hydrogen-bond donors (Lipinski definition) is 2. The molecule has 0 radical (unpaired) electrons. The third-order valence-electron chi connectivity index (χ3n) is 3.98. The molecular weight excluding hydrogens is 268 g/mol. The van der Waals surface area contributed by atoms with Gasteiger partial charge < -0.3 is 10.6 Å². The summed E-state index contributed by atoms with van der Waals surface area (Å²) in [7, 11) is 0. The third kappa shape index (κ3) is 4.52. The lowest BCUT2D eigenvalue weighted by Crippen LogP contribution is -2.02. The minimum atomic E-state index is 0.417. The van der Waals surface area contributed by atoms with Gasteiger partial charge in [-0.25, -0.2) is 0 Å². The second kappa shape index (κ2) is 8.47. The molecule has 2 nitrogen and oxygen atoms in total. The lowest BCUT2D eigenvalue weighted by Gasteiger charge is -2.14. The van der Waals surface area contributed by atoms with Gasteiger partial charge >= 0.3 is 0 Å². The van der Waals surface area contributed by atoms with Crippen molar-refractivity contribution in [1.29, 1.82) is 0 Å². The Morgan fingerprint density at radius 3 is 1.36 bits per heavy atom. The van der Waals surface area contributed by atoms with Crippen molar-refractivity contribution >= 4 is 11.4 Å². The molecule has 0 aliphatic heterocycles. The van der Waals surface area contributed by atoms with Crippen molar-refractivity contribution in [2.45, 2.75) is 39.5 Å². The Hall–Kier alpha value is -1.96. The van der Waals surface area contributed by atoms with E-state index < -0.39 is 0 Å². The number of nitrogens with one attached hydrogen (secondary N) is 2. The van der Waals surface area contributed by atoms with E-state index in [9.17, 15) is 0 Å². The van der Waals surface area contributed by atoms with Crippen molar-refractivity contribution in [2.75, 3.05) is 23.7 Å². The summed E-state index contributed by atoms with van der Waals surface area (Å²) in [4.78, 5) is 0. The molecule has 0 atom stereocenters. The summed E-state index contributed by atoms with van der Waals surface area (Å²) in [5.41, 5.74) is 5.13. The summed E-state index contributed by atoms with van der Waals surface area (Å²) in [5.74, 6) is 0.417. The second-order valence-electron chi connectivity index (χ2n) is 5.82. The van der Waals surface area contributed by atoms with E-state index in [4.69, 9.17) is 0 Å². The molecule has 2 rings (SSSR count). The van der Waals surface area contributed by atoms with Gasteiger partial charge in [0.1, 0.15) is 0 Å². The molecule has 0 fully saturated rings. The molecule has 0 saturated carbocycles. The highest BCUT2D eigenvalue weighted by Gasteiger charge is 2.08. The quantitative estimate of drug-likeness (QED) is 0.673. The normalized spacial score (nSPS) is 10.7. The molecule has 2 N–H and O–H groups in total. The van der Waals surface area contributed by atoms with Crippen molar-refractivity contribution in [2.24, 2.45) is 0 Å². The maximum Gasteiger partial charge on any atom is 0.0340 e. The summed E-state index contributed by atoms with van der Waals surface area (Å²) in [5, 5.41) is 6.84. The number of anilines is 2. The SMILES string of the molecule is CCCNc1ccc(C(C)c2ccc(NCCC)cc2)cc1. The Morgan fingerprint density at radius 1 is 0.682 bits per heavy atom. The van der Waals surface area contributed by atoms with Crippen LogP contribution in [0.15, 0.2) is 48.5 Å². The molecule has 118 valence electrons. The average molecular weight is 296 g/mol. The molecule has 0 saturated heterocycles. The predicted octanol–water partition coefficient (Wildman–Crippen LogP) is 5.48. The van der Waals surface area contributed by atoms with Gasteiger partial charge in [0.2, 0.25) is 0 Å². The van der Waals surface area contributed by atoms with Crippen LogP contribution < -0.4 is 10.6 Å². The van der Waals surface area contributed by atoms with E-state index in [1.807, 2.05) is 0 Å². The Kier molecular flexibility index (Phi) is 6.32. The smallest absolute Gasteiger partial charge is 0.0340 e. The first-order valence-corrected chi connectivity index (χ1v) is 8.42. The molecular formula is C20H28N2. The summed E-state index contributed by atoms with van der Waals surface area (Å²) < 4.78 is 0. The Labute approximate surface area is 135 Å². The topological polar surface area (TPSA) is 24.1 Å². The fraction of sp³-hybridized carbons (Fsp3) is 0.400. The highest BCUT2D eigenvalue weighted by Crippen LogP contribution is 2.26. The number of benzene rings is 2. The van der Waals surface area contributed by atoms with Crippen LogP contribution in [0.25, 0.3) is 0 Å². The van der Waals surface area contributed by atoms with E-state index in [1.54, 1.807) is 0 Å². The first kappa shape index (κ1) is 16.4. The molecule has 0 heterocycles. The van der Waals surface area contributed by atoms with Crippen LogP contribution >= 0.6 is 0 Å².